The summed E-state index contributed by atoms with van der Waals surface area (Å²) in [7, 11) is 0. The van der Waals surface area contributed by atoms with Gasteiger partial charge < -0.3 is 15.1 Å². The molecule has 3 heterocycles. The lowest BCUT2D eigenvalue weighted by molar-refractivity contribution is 0.631. The summed E-state index contributed by atoms with van der Waals surface area (Å²) in [4.78, 5) is 9.57. The van der Waals surface area contributed by atoms with Gasteiger partial charge in [-0.1, -0.05) is 125 Å². The first-order valence-electron chi connectivity index (χ1n) is 20.4. The van der Waals surface area contributed by atoms with Crippen LogP contribution in [0.4, 0.5) is 34.1 Å². The van der Waals surface area contributed by atoms with Gasteiger partial charge in [-0.05, 0) is 130 Å². The number of rotatable bonds is 5. The van der Waals surface area contributed by atoms with E-state index in [1.807, 2.05) is 6.21 Å². The molecule has 0 atom stereocenters. The Bertz CT molecular complexity index is 2560. The van der Waals surface area contributed by atoms with Gasteiger partial charge in [0, 0.05) is 40.2 Å². The standard InChI is InChI=1S/C54H48N4/c1-35-41(17-15-27-47(35)57-49-23-11-7-19-43(49)53(3,4)44-20-8-12-24-50(44)57)38-29-37(40-32-55-34-56-33-40)30-39(31-38)42-18-16-28-48(36(42)2)58-51-25-13-9-21-45(51)54(5,6)46-22-10-14-26-52(46)58/h7-33,55H,34H2,1-6H3. The number of para-hydroxylation sites is 4. The van der Waals surface area contributed by atoms with E-state index in [-0.39, 0.29) is 10.8 Å². The van der Waals surface area contributed by atoms with Crippen LogP contribution in [0.1, 0.15) is 66.6 Å². The lowest BCUT2D eigenvalue weighted by Crippen LogP contribution is -2.30. The first kappa shape index (κ1) is 35.7. The number of nitrogens with zero attached hydrogens (tertiary/aromatic N) is 3. The summed E-state index contributed by atoms with van der Waals surface area (Å²) in [6.45, 7) is 14.5. The molecule has 0 bridgehead atoms. The van der Waals surface area contributed by atoms with E-state index in [1.165, 1.54) is 89.8 Å². The van der Waals surface area contributed by atoms with Crippen molar-refractivity contribution in [1.82, 2.24) is 5.32 Å². The number of aliphatic imine (C=N–C) groups is 1. The molecular formula is C54H48N4. The first-order chi connectivity index (χ1) is 28.1. The van der Waals surface area contributed by atoms with Gasteiger partial charge in [-0.3, -0.25) is 4.99 Å². The maximum absolute atomic E-state index is 4.62. The van der Waals surface area contributed by atoms with Crippen molar-refractivity contribution in [1.29, 1.82) is 0 Å². The molecule has 4 heteroatoms. The van der Waals surface area contributed by atoms with E-state index in [2.05, 4.69) is 220 Å². The van der Waals surface area contributed by atoms with Crippen LogP contribution in [-0.2, 0) is 10.8 Å². The summed E-state index contributed by atoms with van der Waals surface area (Å²) in [5, 5.41) is 3.36. The van der Waals surface area contributed by atoms with Crippen molar-refractivity contribution in [3.63, 3.8) is 0 Å². The molecular weight excluding hydrogens is 705 g/mol. The zero-order chi connectivity index (χ0) is 39.8. The molecule has 10 rings (SSSR count). The highest BCUT2D eigenvalue weighted by atomic mass is 15.2. The summed E-state index contributed by atoms with van der Waals surface area (Å²) in [5.74, 6) is 0. The van der Waals surface area contributed by atoms with Crippen molar-refractivity contribution in [2.75, 3.05) is 16.5 Å². The summed E-state index contributed by atoms with van der Waals surface area (Å²) in [6.07, 6.45) is 4.09. The van der Waals surface area contributed by atoms with Gasteiger partial charge in [0.25, 0.3) is 0 Å². The zero-order valence-corrected chi connectivity index (χ0v) is 34.1. The molecule has 58 heavy (non-hydrogen) atoms. The monoisotopic (exact) mass is 752 g/mol. The van der Waals surface area contributed by atoms with E-state index < -0.39 is 0 Å². The van der Waals surface area contributed by atoms with Crippen molar-refractivity contribution in [2.24, 2.45) is 4.99 Å². The average molecular weight is 753 g/mol. The normalized spacial score (nSPS) is 15.7. The summed E-state index contributed by atoms with van der Waals surface area (Å²) in [6, 6.07) is 56.2. The van der Waals surface area contributed by atoms with E-state index in [1.54, 1.807) is 0 Å². The number of benzene rings is 7. The van der Waals surface area contributed by atoms with Crippen molar-refractivity contribution in [3.05, 3.63) is 197 Å². The Morgan fingerprint density at radius 2 is 0.810 bits per heavy atom. The van der Waals surface area contributed by atoms with Gasteiger partial charge in [0.15, 0.2) is 0 Å². The number of nitrogens with one attached hydrogen (secondary N) is 1. The lowest BCUT2D eigenvalue weighted by Gasteiger charge is -2.42. The molecule has 4 nitrogen and oxygen atoms in total. The number of anilines is 6. The summed E-state index contributed by atoms with van der Waals surface area (Å²) < 4.78 is 0. The van der Waals surface area contributed by atoms with Gasteiger partial charge in [0.2, 0.25) is 0 Å². The van der Waals surface area contributed by atoms with Gasteiger partial charge in [-0.2, -0.15) is 0 Å². The van der Waals surface area contributed by atoms with E-state index >= 15 is 0 Å². The predicted octanol–water partition coefficient (Wildman–Crippen LogP) is 13.8. The first-order valence-corrected chi connectivity index (χ1v) is 20.4. The van der Waals surface area contributed by atoms with Gasteiger partial charge in [-0.25, -0.2) is 0 Å². The van der Waals surface area contributed by atoms with Gasteiger partial charge in [0.1, 0.15) is 6.67 Å². The van der Waals surface area contributed by atoms with Crippen LogP contribution in [0.15, 0.2) is 163 Å². The van der Waals surface area contributed by atoms with Crippen LogP contribution in [0.25, 0.3) is 27.8 Å². The molecule has 7 aromatic carbocycles. The molecule has 3 aliphatic rings. The molecule has 0 aliphatic carbocycles. The average Bonchev–Trinajstić information content (AvgIpc) is 3.25. The molecule has 1 N–H and O–H groups in total. The molecule has 0 saturated heterocycles. The van der Waals surface area contributed by atoms with Crippen LogP contribution < -0.4 is 15.1 Å². The molecule has 0 unspecified atom stereocenters. The molecule has 0 radical (unpaired) electrons. The van der Waals surface area contributed by atoms with Crippen LogP contribution in [0.5, 0.6) is 0 Å². The number of allylic oxidation sites excluding steroid dienone is 1. The molecule has 0 amide bonds. The Hall–Kier alpha value is -6.65. The third-order valence-electron chi connectivity index (χ3n) is 12.9. The van der Waals surface area contributed by atoms with E-state index in [9.17, 15) is 0 Å². The fraction of sp³-hybridized carbons (Fsp3) is 0.167. The van der Waals surface area contributed by atoms with Gasteiger partial charge in [-0.15, -0.1) is 0 Å². The Balaban J connectivity index is 1.15. The minimum Gasteiger partial charge on any atom is -0.372 e. The quantitative estimate of drug-likeness (QED) is 0.190. The predicted molar refractivity (Wildman–Crippen MR) is 245 cm³/mol. The number of fused-ring (bicyclic) bond motifs is 4. The Labute approximate surface area is 342 Å². The maximum Gasteiger partial charge on any atom is 0.107 e. The SMILES string of the molecule is Cc1c(-c2cc(C3=CNCN=C3)cc(-c3cccc(N4c5ccccc5C(C)(C)c5ccccc54)c3C)c2)cccc1N1c2ccccc2C(C)(C)c2ccccc21. The summed E-state index contributed by atoms with van der Waals surface area (Å²) >= 11 is 0. The molecule has 7 aromatic rings. The maximum atomic E-state index is 4.62. The van der Waals surface area contributed by atoms with Crippen molar-refractivity contribution < 1.29 is 0 Å². The van der Waals surface area contributed by atoms with Gasteiger partial charge in [0.05, 0.1) is 22.7 Å². The van der Waals surface area contributed by atoms with Crippen LogP contribution in [-0.4, -0.2) is 12.9 Å². The highest BCUT2D eigenvalue weighted by Crippen LogP contribution is 2.54. The summed E-state index contributed by atoms with van der Waals surface area (Å²) in [5.41, 5.74) is 21.8. The largest absolute Gasteiger partial charge is 0.372 e. The molecule has 284 valence electrons. The van der Waals surface area contributed by atoms with Crippen LogP contribution in [0, 0.1) is 13.8 Å². The number of hydrogen-bond donors (Lipinski definition) is 1. The topological polar surface area (TPSA) is 30.9 Å². The van der Waals surface area contributed by atoms with Gasteiger partial charge >= 0.3 is 0 Å². The second kappa shape index (κ2) is 13.5. The van der Waals surface area contributed by atoms with Crippen molar-refractivity contribution in [2.45, 2.75) is 52.4 Å². The van der Waals surface area contributed by atoms with Crippen LogP contribution >= 0.6 is 0 Å². The third kappa shape index (κ3) is 5.46. The minimum atomic E-state index is -0.122. The highest BCUT2D eigenvalue weighted by Gasteiger charge is 2.38. The van der Waals surface area contributed by atoms with Crippen LogP contribution in [0.3, 0.4) is 0 Å². The van der Waals surface area contributed by atoms with E-state index in [0.717, 1.165) is 11.1 Å². The lowest BCUT2D eigenvalue weighted by atomic mass is 9.73. The highest BCUT2D eigenvalue weighted by molar-refractivity contribution is 6.11. The zero-order valence-electron chi connectivity index (χ0n) is 34.1. The Kier molecular flexibility index (Phi) is 8.31. The Morgan fingerprint density at radius 3 is 1.19 bits per heavy atom. The molecule has 0 fully saturated rings. The minimum absolute atomic E-state index is 0.122. The fourth-order valence-electron chi connectivity index (χ4n) is 9.87. The van der Waals surface area contributed by atoms with E-state index in [0.29, 0.717) is 6.67 Å². The second-order valence-electron chi connectivity index (χ2n) is 17.0. The third-order valence-corrected chi connectivity index (χ3v) is 12.9. The smallest absolute Gasteiger partial charge is 0.107 e. The molecule has 0 spiro atoms. The molecule has 0 aromatic heterocycles. The second-order valence-corrected chi connectivity index (χ2v) is 17.0. The van der Waals surface area contributed by atoms with Crippen LogP contribution in [0.2, 0.25) is 0 Å². The Morgan fingerprint density at radius 1 is 0.448 bits per heavy atom. The fourth-order valence-corrected chi connectivity index (χ4v) is 9.87. The molecule has 0 saturated carbocycles. The van der Waals surface area contributed by atoms with Crippen molar-refractivity contribution >= 4 is 45.9 Å². The number of hydrogen-bond acceptors (Lipinski definition) is 4. The van der Waals surface area contributed by atoms with Crippen molar-refractivity contribution in [3.8, 4) is 22.3 Å². The molecule has 3 aliphatic heterocycles. The van der Waals surface area contributed by atoms with E-state index in [4.69, 9.17) is 0 Å².